The maximum Gasteiger partial charge on any atom is 0.195 e. The van der Waals surface area contributed by atoms with Crippen LogP contribution in [0.3, 0.4) is 0 Å². The van der Waals surface area contributed by atoms with Gasteiger partial charge in [0, 0.05) is 33.6 Å². The molecule has 226 valence electrons. The molecule has 6 aromatic rings. The van der Waals surface area contributed by atoms with Crippen molar-refractivity contribution in [3.63, 3.8) is 0 Å². The van der Waals surface area contributed by atoms with E-state index in [1.807, 2.05) is 86.6 Å². The van der Waals surface area contributed by atoms with Crippen LogP contribution in [-0.2, 0) is 0 Å². The van der Waals surface area contributed by atoms with E-state index in [-0.39, 0.29) is 11.6 Å². The summed E-state index contributed by atoms with van der Waals surface area (Å²) >= 11 is 0. The van der Waals surface area contributed by atoms with Gasteiger partial charge in [-0.05, 0) is 85.6 Å². The number of aryl methyl sites for hydroxylation is 2. The van der Waals surface area contributed by atoms with Gasteiger partial charge in [0.15, 0.2) is 11.6 Å². The molecular formula is C40H32N2O4. The average molecular weight is 605 g/mol. The van der Waals surface area contributed by atoms with Crippen LogP contribution in [0.15, 0.2) is 133 Å². The van der Waals surface area contributed by atoms with E-state index in [9.17, 15) is 9.59 Å². The Bertz CT molecular complexity index is 1880. The summed E-state index contributed by atoms with van der Waals surface area (Å²) in [5, 5.41) is 0. The Balaban J connectivity index is 1.12. The highest BCUT2D eigenvalue weighted by molar-refractivity contribution is 6.13. The third kappa shape index (κ3) is 6.66. The number of hydrogen-bond donors (Lipinski definition) is 2. The van der Waals surface area contributed by atoms with Crippen LogP contribution in [0, 0.1) is 13.8 Å². The highest BCUT2D eigenvalue weighted by atomic mass is 16.5. The minimum absolute atomic E-state index is 0.154. The summed E-state index contributed by atoms with van der Waals surface area (Å²) in [5.74, 6) is 1.98. The lowest BCUT2D eigenvalue weighted by molar-refractivity contribution is 0.103. The number of nitrogen functional groups attached to an aromatic ring is 2. The zero-order valence-electron chi connectivity index (χ0n) is 25.5. The van der Waals surface area contributed by atoms with Crippen molar-refractivity contribution in [2.45, 2.75) is 13.8 Å². The van der Waals surface area contributed by atoms with Crippen LogP contribution in [0.25, 0.3) is 11.1 Å². The lowest BCUT2D eigenvalue weighted by atomic mass is 10.0. The van der Waals surface area contributed by atoms with Gasteiger partial charge < -0.3 is 20.9 Å². The summed E-state index contributed by atoms with van der Waals surface area (Å²) in [6, 6.07) is 40.3. The van der Waals surface area contributed by atoms with Crippen LogP contribution in [-0.4, -0.2) is 11.6 Å². The summed E-state index contributed by atoms with van der Waals surface area (Å²) in [7, 11) is 0. The number of nitrogens with two attached hydrogens (primary N) is 2. The van der Waals surface area contributed by atoms with E-state index in [1.54, 1.807) is 60.7 Å². The van der Waals surface area contributed by atoms with Gasteiger partial charge in [0.25, 0.3) is 0 Å². The van der Waals surface area contributed by atoms with Gasteiger partial charge in [-0.15, -0.1) is 0 Å². The molecule has 0 fully saturated rings. The molecule has 0 radical (unpaired) electrons. The second-order valence-corrected chi connectivity index (χ2v) is 11.1. The number of carbonyl (C=O) groups is 2. The third-order valence-corrected chi connectivity index (χ3v) is 7.68. The number of carbonyl (C=O) groups excluding carboxylic acids is 2. The van der Waals surface area contributed by atoms with Crippen molar-refractivity contribution in [2.24, 2.45) is 0 Å². The number of anilines is 2. The van der Waals surface area contributed by atoms with Gasteiger partial charge in [0.2, 0.25) is 0 Å². The summed E-state index contributed by atoms with van der Waals surface area (Å²) in [6.45, 7) is 3.95. The van der Waals surface area contributed by atoms with Crippen molar-refractivity contribution in [1.82, 2.24) is 0 Å². The molecule has 4 N–H and O–H groups in total. The second kappa shape index (κ2) is 12.8. The van der Waals surface area contributed by atoms with Crippen molar-refractivity contribution in [3.8, 4) is 34.1 Å². The fourth-order valence-corrected chi connectivity index (χ4v) is 5.01. The topological polar surface area (TPSA) is 105 Å². The number of hydrogen-bond acceptors (Lipinski definition) is 6. The van der Waals surface area contributed by atoms with E-state index in [4.69, 9.17) is 20.9 Å². The van der Waals surface area contributed by atoms with Gasteiger partial charge in [-0.2, -0.15) is 0 Å². The van der Waals surface area contributed by atoms with Gasteiger partial charge in [-0.3, -0.25) is 9.59 Å². The van der Waals surface area contributed by atoms with Crippen molar-refractivity contribution < 1.29 is 19.1 Å². The quantitative estimate of drug-likeness (QED) is 0.126. The Hall–Kier alpha value is -6.14. The lowest BCUT2D eigenvalue weighted by Crippen LogP contribution is -2.05. The van der Waals surface area contributed by atoms with Gasteiger partial charge in [-0.1, -0.05) is 83.9 Å². The number of ketones is 2. The molecule has 0 spiro atoms. The highest BCUT2D eigenvalue weighted by Crippen LogP contribution is 2.31. The molecule has 0 heterocycles. The molecular weight excluding hydrogens is 572 g/mol. The van der Waals surface area contributed by atoms with Crippen molar-refractivity contribution >= 4 is 22.9 Å². The van der Waals surface area contributed by atoms with E-state index in [1.165, 1.54) is 0 Å². The van der Waals surface area contributed by atoms with Crippen molar-refractivity contribution in [1.29, 1.82) is 0 Å². The normalized spacial score (nSPS) is 10.7. The molecule has 0 aliphatic carbocycles. The van der Waals surface area contributed by atoms with E-state index in [2.05, 4.69) is 0 Å². The van der Waals surface area contributed by atoms with Crippen LogP contribution in [0.1, 0.15) is 43.0 Å². The summed E-state index contributed by atoms with van der Waals surface area (Å²) in [6.07, 6.45) is 0. The molecule has 0 aliphatic heterocycles. The van der Waals surface area contributed by atoms with E-state index in [0.717, 1.165) is 22.3 Å². The van der Waals surface area contributed by atoms with Gasteiger partial charge in [-0.25, -0.2) is 0 Å². The van der Waals surface area contributed by atoms with Crippen LogP contribution in [0.4, 0.5) is 11.4 Å². The average Bonchev–Trinajstić information content (AvgIpc) is 3.07. The van der Waals surface area contributed by atoms with E-state index < -0.39 is 0 Å². The monoisotopic (exact) mass is 604 g/mol. The fraction of sp³-hybridized carbons (Fsp3) is 0.0500. The van der Waals surface area contributed by atoms with E-state index in [0.29, 0.717) is 56.6 Å². The highest BCUT2D eigenvalue weighted by Gasteiger charge is 2.15. The minimum Gasteiger partial charge on any atom is -0.457 e. The molecule has 0 aliphatic rings. The Kier molecular flexibility index (Phi) is 8.35. The largest absolute Gasteiger partial charge is 0.457 e. The Labute approximate surface area is 267 Å². The summed E-state index contributed by atoms with van der Waals surface area (Å²) < 4.78 is 12.1. The van der Waals surface area contributed by atoms with Gasteiger partial charge in [0.05, 0.1) is 0 Å². The zero-order chi connectivity index (χ0) is 32.2. The maximum absolute atomic E-state index is 13.1. The molecule has 6 nitrogen and oxygen atoms in total. The zero-order valence-corrected chi connectivity index (χ0v) is 25.5. The number of ether oxygens (including phenoxy) is 2. The van der Waals surface area contributed by atoms with Crippen molar-refractivity contribution in [3.05, 3.63) is 167 Å². The minimum atomic E-state index is -0.154. The second-order valence-electron chi connectivity index (χ2n) is 11.1. The molecule has 0 bridgehead atoms. The molecule has 6 aromatic carbocycles. The first-order valence-corrected chi connectivity index (χ1v) is 14.8. The first-order chi connectivity index (χ1) is 22.2. The fourth-order valence-electron chi connectivity index (χ4n) is 5.01. The maximum atomic E-state index is 13.1. The van der Waals surface area contributed by atoms with Crippen LogP contribution in [0.5, 0.6) is 23.0 Å². The van der Waals surface area contributed by atoms with Crippen LogP contribution >= 0.6 is 0 Å². The molecule has 0 amide bonds. The molecule has 0 aromatic heterocycles. The Morgan fingerprint density at radius 3 is 1.11 bits per heavy atom. The van der Waals surface area contributed by atoms with Crippen molar-refractivity contribution in [2.75, 3.05) is 11.5 Å². The van der Waals surface area contributed by atoms with Crippen LogP contribution in [0.2, 0.25) is 0 Å². The Morgan fingerprint density at radius 2 is 0.761 bits per heavy atom. The molecule has 0 saturated carbocycles. The molecule has 6 rings (SSSR count). The summed E-state index contributed by atoms with van der Waals surface area (Å²) in [5.41, 5.74) is 19.1. The van der Waals surface area contributed by atoms with Crippen LogP contribution < -0.4 is 20.9 Å². The van der Waals surface area contributed by atoms with Gasteiger partial charge >= 0.3 is 0 Å². The first kappa shape index (κ1) is 29.9. The SMILES string of the molecule is Cc1ccc(C(=O)c2cc(Oc3ccc(-c4ccc(Oc5ccc(N)c(C(=O)c6ccc(C)cc6)c5)cc4)cc3)ccc2N)cc1. The smallest absolute Gasteiger partial charge is 0.195 e. The predicted octanol–water partition coefficient (Wildman–Crippen LogP) is 9.18. The Morgan fingerprint density at radius 1 is 0.435 bits per heavy atom. The molecule has 0 unspecified atom stereocenters. The van der Waals surface area contributed by atoms with Gasteiger partial charge in [0.1, 0.15) is 23.0 Å². The molecule has 0 saturated heterocycles. The third-order valence-electron chi connectivity index (χ3n) is 7.68. The standard InChI is InChI=1S/C40H32N2O4/c1-25-3-7-29(8-4-25)39(43)35-23-33(19-21-37(35)41)45-31-15-11-27(12-16-31)28-13-17-32(18-14-28)46-34-20-22-38(42)36(24-34)40(44)30-9-5-26(2)6-10-30/h3-24H,41-42H2,1-2H3. The predicted molar refractivity (Wildman–Crippen MR) is 183 cm³/mol. The summed E-state index contributed by atoms with van der Waals surface area (Å²) in [4.78, 5) is 26.1. The van der Waals surface area contributed by atoms with E-state index >= 15 is 0 Å². The molecule has 46 heavy (non-hydrogen) atoms. The number of rotatable bonds is 9. The number of benzene rings is 6. The lowest BCUT2D eigenvalue weighted by Gasteiger charge is -2.12. The molecule has 6 heteroatoms. The first-order valence-electron chi connectivity index (χ1n) is 14.8. The molecule has 0 atom stereocenters.